The van der Waals surface area contributed by atoms with Gasteiger partial charge in [0.15, 0.2) is 15.7 Å². The van der Waals surface area contributed by atoms with Crippen LogP contribution in [0.15, 0.2) is 30.5 Å². The minimum atomic E-state index is -2.96. The fraction of sp³-hybridized carbons (Fsp3) is 0.333. The first-order valence-corrected chi connectivity index (χ1v) is 9.19. The fourth-order valence-electron chi connectivity index (χ4n) is 2.54. The van der Waals surface area contributed by atoms with Crippen molar-refractivity contribution >= 4 is 27.3 Å². The molecule has 1 N–H and O–H groups in total. The quantitative estimate of drug-likeness (QED) is 0.878. The van der Waals surface area contributed by atoms with Gasteiger partial charge in [-0.2, -0.15) is 15.3 Å². The van der Waals surface area contributed by atoms with Crippen molar-refractivity contribution in [3.05, 3.63) is 36.0 Å². The van der Waals surface area contributed by atoms with Crippen molar-refractivity contribution < 1.29 is 8.42 Å². The standard InChI is InChI=1S/C15H16N6O2S/c1-21(13-6-7-24(22,23)10-13)14-9-17-20-15(19-14)18-12-4-2-11(8-16)3-5-12/h2-5,9,13H,6-7,10H2,1H3,(H,18,19,20). The first-order valence-electron chi connectivity index (χ1n) is 7.37. The van der Waals surface area contributed by atoms with E-state index >= 15 is 0 Å². The number of rotatable bonds is 4. The molecule has 1 saturated heterocycles. The van der Waals surface area contributed by atoms with Gasteiger partial charge in [-0.25, -0.2) is 8.42 Å². The van der Waals surface area contributed by atoms with E-state index in [1.807, 2.05) is 4.90 Å². The molecule has 24 heavy (non-hydrogen) atoms. The van der Waals surface area contributed by atoms with Crippen LogP contribution in [0.2, 0.25) is 0 Å². The third-order valence-electron chi connectivity index (χ3n) is 3.93. The Hall–Kier alpha value is -2.73. The summed E-state index contributed by atoms with van der Waals surface area (Å²) in [5.41, 5.74) is 1.30. The second kappa shape index (κ2) is 6.41. The number of hydrogen-bond acceptors (Lipinski definition) is 8. The second-order valence-electron chi connectivity index (χ2n) is 5.62. The summed E-state index contributed by atoms with van der Waals surface area (Å²) < 4.78 is 23.3. The molecule has 1 unspecified atom stereocenters. The van der Waals surface area contributed by atoms with E-state index in [4.69, 9.17) is 5.26 Å². The molecule has 1 aliphatic heterocycles. The molecule has 1 aromatic carbocycles. The van der Waals surface area contributed by atoms with Gasteiger partial charge in [-0.1, -0.05) is 0 Å². The number of aromatic nitrogens is 3. The van der Waals surface area contributed by atoms with E-state index in [0.29, 0.717) is 23.8 Å². The molecule has 1 fully saturated rings. The van der Waals surface area contributed by atoms with E-state index in [2.05, 4.69) is 26.6 Å². The van der Waals surface area contributed by atoms with Gasteiger partial charge in [0.2, 0.25) is 5.95 Å². The van der Waals surface area contributed by atoms with Crippen LogP contribution in [-0.2, 0) is 9.84 Å². The number of anilines is 3. The molecule has 0 saturated carbocycles. The molecule has 0 amide bonds. The van der Waals surface area contributed by atoms with Crippen LogP contribution in [0.5, 0.6) is 0 Å². The lowest BCUT2D eigenvalue weighted by atomic mass is 10.2. The molecule has 124 valence electrons. The van der Waals surface area contributed by atoms with Crippen molar-refractivity contribution in [2.45, 2.75) is 12.5 Å². The Morgan fingerprint density at radius 2 is 2.08 bits per heavy atom. The molecule has 0 spiro atoms. The van der Waals surface area contributed by atoms with Crippen molar-refractivity contribution in [1.82, 2.24) is 15.2 Å². The third-order valence-corrected chi connectivity index (χ3v) is 5.68. The van der Waals surface area contributed by atoms with Gasteiger partial charge >= 0.3 is 0 Å². The normalized spacial score (nSPS) is 18.8. The maximum absolute atomic E-state index is 11.6. The zero-order valence-corrected chi connectivity index (χ0v) is 13.9. The van der Waals surface area contributed by atoms with Crippen LogP contribution in [-0.4, -0.2) is 48.2 Å². The Kier molecular flexibility index (Phi) is 4.31. The van der Waals surface area contributed by atoms with E-state index in [0.717, 1.165) is 5.69 Å². The Labute approximate surface area is 140 Å². The summed E-state index contributed by atoms with van der Waals surface area (Å²) in [5.74, 6) is 1.20. The van der Waals surface area contributed by atoms with E-state index in [-0.39, 0.29) is 17.5 Å². The summed E-state index contributed by atoms with van der Waals surface area (Å²) in [6.45, 7) is 0. The average molecular weight is 344 g/mol. The molecule has 1 aromatic heterocycles. The molecule has 1 atom stereocenters. The van der Waals surface area contributed by atoms with Crippen LogP contribution >= 0.6 is 0 Å². The van der Waals surface area contributed by atoms with Crippen LogP contribution in [0.3, 0.4) is 0 Å². The van der Waals surface area contributed by atoms with Crippen LogP contribution in [0.25, 0.3) is 0 Å². The Bertz CT molecular complexity index is 876. The van der Waals surface area contributed by atoms with Crippen molar-refractivity contribution in [1.29, 1.82) is 5.26 Å². The zero-order chi connectivity index (χ0) is 17.2. The number of nitriles is 1. The lowest BCUT2D eigenvalue weighted by molar-refractivity contribution is 0.600. The largest absolute Gasteiger partial charge is 0.354 e. The zero-order valence-electron chi connectivity index (χ0n) is 13.0. The molecule has 9 heteroatoms. The van der Waals surface area contributed by atoms with Crippen molar-refractivity contribution in [2.24, 2.45) is 0 Å². The lowest BCUT2D eigenvalue weighted by Crippen LogP contribution is -2.33. The van der Waals surface area contributed by atoms with Crippen LogP contribution in [0, 0.1) is 11.3 Å². The first kappa shape index (κ1) is 16.1. The number of hydrogen-bond donors (Lipinski definition) is 1. The molecule has 0 bridgehead atoms. The highest BCUT2D eigenvalue weighted by Gasteiger charge is 2.31. The van der Waals surface area contributed by atoms with Gasteiger partial charge < -0.3 is 10.2 Å². The molecule has 0 radical (unpaired) electrons. The summed E-state index contributed by atoms with van der Waals surface area (Å²) >= 11 is 0. The predicted molar refractivity (Wildman–Crippen MR) is 89.7 cm³/mol. The number of sulfone groups is 1. The minimum Gasteiger partial charge on any atom is -0.354 e. The maximum Gasteiger partial charge on any atom is 0.249 e. The molecule has 3 rings (SSSR count). The topological polar surface area (TPSA) is 112 Å². The highest BCUT2D eigenvalue weighted by atomic mass is 32.2. The molecule has 1 aliphatic rings. The number of nitrogens with zero attached hydrogens (tertiary/aromatic N) is 5. The van der Waals surface area contributed by atoms with E-state index in [1.165, 1.54) is 6.20 Å². The smallest absolute Gasteiger partial charge is 0.249 e. The summed E-state index contributed by atoms with van der Waals surface area (Å²) in [7, 11) is -1.15. The van der Waals surface area contributed by atoms with Gasteiger partial charge in [-0.15, -0.1) is 5.10 Å². The summed E-state index contributed by atoms with van der Waals surface area (Å²) in [5, 5.41) is 19.7. The summed E-state index contributed by atoms with van der Waals surface area (Å²) in [4.78, 5) is 6.21. The van der Waals surface area contributed by atoms with Crippen LogP contribution in [0.4, 0.5) is 17.5 Å². The predicted octanol–water partition coefficient (Wildman–Crippen LogP) is 1.11. The maximum atomic E-state index is 11.6. The highest BCUT2D eigenvalue weighted by Crippen LogP contribution is 2.22. The molecule has 2 aromatic rings. The van der Waals surface area contributed by atoms with Crippen LogP contribution in [0.1, 0.15) is 12.0 Å². The van der Waals surface area contributed by atoms with E-state index in [1.54, 1.807) is 31.3 Å². The summed E-state index contributed by atoms with van der Waals surface area (Å²) in [6, 6.07) is 8.83. The monoisotopic (exact) mass is 344 g/mol. The molecular formula is C15H16N6O2S. The Morgan fingerprint density at radius 1 is 1.33 bits per heavy atom. The van der Waals surface area contributed by atoms with Crippen molar-refractivity contribution in [3.63, 3.8) is 0 Å². The first-order chi connectivity index (χ1) is 11.5. The van der Waals surface area contributed by atoms with E-state index in [9.17, 15) is 8.42 Å². The van der Waals surface area contributed by atoms with Gasteiger partial charge in [0, 0.05) is 18.8 Å². The Balaban J connectivity index is 1.75. The van der Waals surface area contributed by atoms with Crippen LogP contribution < -0.4 is 10.2 Å². The van der Waals surface area contributed by atoms with Gasteiger partial charge in [0.25, 0.3) is 0 Å². The molecule has 0 aliphatic carbocycles. The SMILES string of the molecule is CN(c1cnnc(Nc2ccc(C#N)cc2)n1)C1CCS(=O)(=O)C1. The summed E-state index contributed by atoms with van der Waals surface area (Å²) in [6.07, 6.45) is 2.09. The molecular weight excluding hydrogens is 328 g/mol. The molecule has 8 nitrogen and oxygen atoms in total. The third kappa shape index (κ3) is 3.60. The van der Waals surface area contributed by atoms with Gasteiger partial charge in [0.1, 0.15) is 0 Å². The molecule has 2 heterocycles. The average Bonchev–Trinajstić information content (AvgIpc) is 2.95. The number of benzene rings is 1. The Morgan fingerprint density at radius 3 is 2.71 bits per heavy atom. The fourth-order valence-corrected chi connectivity index (χ4v) is 4.32. The minimum absolute atomic E-state index is 0.102. The second-order valence-corrected chi connectivity index (χ2v) is 7.85. The highest BCUT2D eigenvalue weighted by molar-refractivity contribution is 7.91. The number of nitrogens with one attached hydrogen (secondary N) is 1. The lowest BCUT2D eigenvalue weighted by Gasteiger charge is -2.24. The van der Waals surface area contributed by atoms with Crippen molar-refractivity contribution in [2.75, 3.05) is 28.8 Å². The van der Waals surface area contributed by atoms with E-state index < -0.39 is 9.84 Å². The van der Waals surface area contributed by atoms with Gasteiger partial charge in [-0.3, -0.25) is 0 Å². The van der Waals surface area contributed by atoms with Gasteiger partial charge in [0.05, 0.1) is 29.3 Å². The van der Waals surface area contributed by atoms with Crippen molar-refractivity contribution in [3.8, 4) is 6.07 Å². The van der Waals surface area contributed by atoms with Gasteiger partial charge in [-0.05, 0) is 30.7 Å².